The van der Waals surface area contributed by atoms with Crippen molar-refractivity contribution < 1.29 is 21.5 Å². The predicted molar refractivity (Wildman–Crippen MR) is 62.9 cm³/mol. The van der Waals surface area contributed by atoms with Crippen LogP contribution in [0, 0.1) is 0 Å². The molecule has 0 aliphatic rings. The summed E-state index contributed by atoms with van der Waals surface area (Å²) in [6.07, 6.45) is 3.00. The second-order valence-corrected chi connectivity index (χ2v) is 5.10. The Morgan fingerprint density at radius 2 is 2.13 bits per heavy atom. The van der Waals surface area contributed by atoms with Gasteiger partial charge in [-0.2, -0.15) is 0 Å². The Bertz CT molecular complexity index is 317. The van der Waals surface area contributed by atoms with Crippen molar-refractivity contribution in [1.29, 1.82) is 0 Å². The predicted octanol–water partition coefficient (Wildman–Crippen LogP) is 0.217. The molecule has 2 heteroatoms. The zero-order valence-electron chi connectivity index (χ0n) is 9.04. The van der Waals surface area contributed by atoms with Gasteiger partial charge < -0.3 is 0 Å². The van der Waals surface area contributed by atoms with Crippen LogP contribution in [0.2, 0.25) is 0 Å². The number of hydrogen-bond acceptors (Lipinski definition) is 1. The van der Waals surface area contributed by atoms with Gasteiger partial charge in [0.05, 0.1) is 0 Å². The fourth-order valence-electron chi connectivity index (χ4n) is 1.20. The molecule has 1 rings (SSSR count). The van der Waals surface area contributed by atoms with Crippen LogP contribution in [0.15, 0.2) is 47.1 Å². The van der Waals surface area contributed by atoms with Gasteiger partial charge in [-0.3, -0.25) is 0 Å². The van der Waals surface area contributed by atoms with Crippen molar-refractivity contribution in [1.82, 2.24) is 3.53 Å². The van der Waals surface area contributed by atoms with E-state index in [0.29, 0.717) is 0 Å². The van der Waals surface area contributed by atoms with Gasteiger partial charge in [0, 0.05) is 0 Å². The van der Waals surface area contributed by atoms with E-state index in [1.807, 2.05) is 6.08 Å². The molecular weight excluding hydrogens is 297 g/mol. The number of hydrogen-bond donors (Lipinski definition) is 1. The minimum atomic E-state index is -0.0373. The molecule has 0 spiro atoms. The van der Waals surface area contributed by atoms with Crippen molar-refractivity contribution in [2.45, 2.75) is 13.3 Å². The van der Waals surface area contributed by atoms with Crippen LogP contribution in [0.1, 0.15) is 18.9 Å². The van der Waals surface area contributed by atoms with Gasteiger partial charge in [-0.15, -0.1) is 0 Å². The molecule has 0 saturated carbocycles. The third kappa shape index (κ3) is 4.62. The summed E-state index contributed by atoms with van der Waals surface area (Å²) in [5.74, 6) is 0. The molecule has 0 bridgehead atoms. The van der Waals surface area contributed by atoms with Crippen molar-refractivity contribution in [3.05, 3.63) is 52.6 Å². The Hall–Kier alpha value is -0.610. The Morgan fingerprint density at radius 1 is 1.40 bits per heavy atom. The molecule has 1 aromatic rings. The average Bonchev–Trinajstić information content (AvgIpc) is 2.30. The minimum absolute atomic E-state index is 0.0373. The van der Waals surface area contributed by atoms with Crippen molar-refractivity contribution in [2.24, 2.45) is 0 Å². The molecule has 1 aromatic carbocycles. The van der Waals surface area contributed by atoms with Gasteiger partial charge >= 0.3 is 103 Å². The van der Waals surface area contributed by atoms with E-state index in [-0.39, 0.29) is 21.5 Å². The summed E-state index contributed by atoms with van der Waals surface area (Å²) in [6.45, 7) is 6.81. The normalized spacial score (nSPS) is 11.7. The van der Waals surface area contributed by atoms with E-state index in [2.05, 4.69) is 51.4 Å². The summed E-state index contributed by atoms with van der Waals surface area (Å²) >= 11 is -0.0373. The molecule has 0 atom stereocenters. The first-order valence-corrected chi connectivity index (χ1v) is 7.41. The van der Waals surface area contributed by atoms with Crippen molar-refractivity contribution >= 4 is 5.57 Å². The summed E-state index contributed by atoms with van der Waals surface area (Å²) in [5.41, 5.74) is 2.79. The number of rotatable bonds is 6. The molecule has 0 unspecified atom stereocenters. The van der Waals surface area contributed by atoms with Crippen LogP contribution in [0.25, 0.3) is 5.57 Å². The van der Waals surface area contributed by atoms with Gasteiger partial charge in [-0.05, 0) is 0 Å². The summed E-state index contributed by atoms with van der Waals surface area (Å²) in [7, 11) is 0. The van der Waals surface area contributed by atoms with E-state index >= 15 is 0 Å². The number of nitrogens with one attached hydrogen (secondary N) is 1. The summed E-state index contributed by atoms with van der Waals surface area (Å²) in [6, 6.07) is 10.6. The molecule has 82 valence electrons. The molecule has 0 saturated heterocycles. The molecular formula is C13H17IN-. The van der Waals surface area contributed by atoms with Crippen LogP contribution < -0.4 is 25.0 Å². The topological polar surface area (TPSA) is 12.0 Å². The zero-order chi connectivity index (χ0) is 10.9. The fraction of sp³-hybridized carbons (Fsp3) is 0.231. The molecule has 0 radical (unpaired) electrons. The number of benzene rings is 1. The van der Waals surface area contributed by atoms with Crippen molar-refractivity contribution in [3.63, 3.8) is 0 Å². The van der Waals surface area contributed by atoms with E-state index in [0.717, 1.165) is 13.0 Å². The van der Waals surface area contributed by atoms with E-state index in [1.165, 1.54) is 11.1 Å². The molecule has 0 aliphatic heterocycles. The zero-order valence-corrected chi connectivity index (χ0v) is 11.2. The van der Waals surface area contributed by atoms with E-state index in [9.17, 15) is 0 Å². The molecule has 0 amide bonds. The monoisotopic (exact) mass is 314 g/mol. The first-order chi connectivity index (χ1) is 7.38. The van der Waals surface area contributed by atoms with Crippen LogP contribution in [0.3, 0.4) is 0 Å². The van der Waals surface area contributed by atoms with Gasteiger partial charge in [-0.25, -0.2) is 0 Å². The standard InChI is InChI=1S/C13H17IN/c1-3-10-15-14-11-12(4-2)13-8-6-5-7-9-13/h3,5-9,11,15H,1,4,10H2,2H3/q-1/b12-11+. The average molecular weight is 314 g/mol. The molecule has 1 N–H and O–H groups in total. The fourth-order valence-corrected chi connectivity index (χ4v) is 3.16. The summed E-state index contributed by atoms with van der Waals surface area (Å²) in [5, 5.41) is 0. The van der Waals surface area contributed by atoms with Crippen LogP contribution in [-0.2, 0) is 0 Å². The SMILES string of the molecule is C=CCN[I-]/C=C(\CC)c1ccccc1. The Morgan fingerprint density at radius 3 is 2.73 bits per heavy atom. The maximum absolute atomic E-state index is 3.69. The van der Waals surface area contributed by atoms with Gasteiger partial charge in [0.2, 0.25) is 0 Å². The van der Waals surface area contributed by atoms with Gasteiger partial charge in [0.15, 0.2) is 0 Å². The second kappa shape index (κ2) is 7.65. The Labute approximate surface area is 103 Å². The summed E-state index contributed by atoms with van der Waals surface area (Å²) < 4.78 is 5.74. The van der Waals surface area contributed by atoms with Gasteiger partial charge in [-0.1, -0.05) is 0 Å². The molecule has 0 aromatic heterocycles. The Kier molecular flexibility index (Phi) is 6.36. The van der Waals surface area contributed by atoms with E-state index in [4.69, 9.17) is 0 Å². The number of allylic oxidation sites excluding steroid dienone is 1. The van der Waals surface area contributed by atoms with Gasteiger partial charge in [0.25, 0.3) is 0 Å². The quantitative estimate of drug-likeness (QED) is 0.343. The van der Waals surface area contributed by atoms with E-state index in [1.54, 1.807) is 0 Å². The van der Waals surface area contributed by atoms with Crippen LogP contribution in [0.4, 0.5) is 0 Å². The molecule has 1 nitrogen and oxygen atoms in total. The Balaban J connectivity index is 2.59. The van der Waals surface area contributed by atoms with Crippen LogP contribution in [0.5, 0.6) is 0 Å². The third-order valence-corrected chi connectivity index (χ3v) is 3.95. The van der Waals surface area contributed by atoms with E-state index < -0.39 is 0 Å². The van der Waals surface area contributed by atoms with Crippen molar-refractivity contribution in [2.75, 3.05) is 6.54 Å². The third-order valence-electron chi connectivity index (χ3n) is 2.01. The first-order valence-electron chi connectivity index (χ1n) is 5.09. The first kappa shape index (κ1) is 12.5. The number of halogens is 1. The molecule has 0 aliphatic carbocycles. The van der Waals surface area contributed by atoms with Gasteiger partial charge in [0.1, 0.15) is 0 Å². The van der Waals surface area contributed by atoms with Crippen molar-refractivity contribution in [3.8, 4) is 0 Å². The molecule has 0 fully saturated rings. The molecule has 15 heavy (non-hydrogen) atoms. The second-order valence-electron chi connectivity index (χ2n) is 3.09. The summed E-state index contributed by atoms with van der Waals surface area (Å²) in [4.78, 5) is 0. The van der Waals surface area contributed by atoms with Crippen LogP contribution in [-0.4, -0.2) is 6.54 Å². The molecule has 0 heterocycles. The van der Waals surface area contributed by atoms with Crippen LogP contribution >= 0.6 is 0 Å². The maximum atomic E-state index is 3.69.